The van der Waals surface area contributed by atoms with Gasteiger partial charge in [-0.25, -0.2) is 0 Å². The number of halogens is 3. The number of benzene rings is 2. The van der Waals surface area contributed by atoms with Crippen LogP contribution in [0.3, 0.4) is 0 Å². The number of hydrogen-bond acceptors (Lipinski definition) is 3. The molecule has 2 rings (SSSR count). The van der Waals surface area contributed by atoms with E-state index in [2.05, 4.69) is 63.1 Å². The van der Waals surface area contributed by atoms with Gasteiger partial charge in [0, 0.05) is 0 Å². The van der Waals surface area contributed by atoms with Crippen LogP contribution in [0.5, 0.6) is 0 Å². The summed E-state index contributed by atoms with van der Waals surface area (Å²) in [5, 5.41) is 2.62. The van der Waals surface area contributed by atoms with E-state index in [-0.39, 0.29) is 51.4 Å². The van der Waals surface area contributed by atoms with Crippen molar-refractivity contribution in [2.75, 3.05) is 0 Å². The molecule has 0 amide bonds. The van der Waals surface area contributed by atoms with Crippen LogP contribution in [0.15, 0.2) is 48.5 Å². The zero-order valence-electron chi connectivity index (χ0n) is 8.55. The third kappa shape index (κ3) is 6.30. The first-order valence-corrected chi connectivity index (χ1v) is 4.57. The Bertz CT molecular complexity index is 374. The van der Waals surface area contributed by atoms with Gasteiger partial charge < -0.3 is 0 Å². The fraction of sp³-hybridized carbons (Fsp3) is 0. The van der Waals surface area contributed by atoms with Gasteiger partial charge in [-0.05, 0) is 10.8 Å². The SMILES string of the molecule is FOB(OF)OF.[KH].c1ccc2ccccc2c1. The molecule has 0 aromatic heterocycles. The van der Waals surface area contributed by atoms with Gasteiger partial charge in [0.05, 0.1) is 0 Å². The van der Waals surface area contributed by atoms with Crippen LogP contribution in [0.1, 0.15) is 0 Å². The Kier molecular flexibility index (Phi) is 11.0. The maximum atomic E-state index is 10.4. The molecule has 0 aliphatic carbocycles. The quantitative estimate of drug-likeness (QED) is 0.811. The molecule has 0 heterocycles. The van der Waals surface area contributed by atoms with Gasteiger partial charge in [0.25, 0.3) is 0 Å². The third-order valence-corrected chi connectivity index (χ3v) is 1.88. The van der Waals surface area contributed by atoms with E-state index >= 15 is 0 Å². The maximum absolute atomic E-state index is 10.4. The third-order valence-electron chi connectivity index (χ3n) is 1.88. The molecule has 0 atom stereocenters. The predicted octanol–water partition coefficient (Wildman–Crippen LogP) is 2.87. The van der Waals surface area contributed by atoms with Gasteiger partial charge in [-0.15, -0.1) is 0 Å². The van der Waals surface area contributed by atoms with Crippen molar-refractivity contribution in [3.8, 4) is 0 Å². The van der Waals surface area contributed by atoms with Gasteiger partial charge in [0.2, 0.25) is 0 Å². The molecular weight excluding hydrogens is 275 g/mol. The molecule has 0 bridgehead atoms. The van der Waals surface area contributed by atoms with Crippen LogP contribution in [0.2, 0.25) is 0 Å². The molecule has 0 saturated heterocycles. The van der Waals surface area contributed by atoms with Crippen molar-refractivity contribution in [1.82, 2.24) is 0 Å². The molecule has 2 aromatic carbocycles. The van der Waals surface area contributed by atoms with Gasteiger partial charge in [0.15, 0.2) is 0 Å². The van der Waals surface area contributed by atoms with Crippen LogP contribution in [0.25, 0.3) is 10.8 Å². The molecule has 0 spiro atoms. The molecule has 0 radical (unpaired) electrons. The maximum Gasteiger partial charge on any atom is -0.0184 e. The molecule has 0 fully saturated rings. The summed E-state index contributed by atoms with van der Waals surface area (Å²) in [5.41, 5.74) is 0. The van der Waals surface area contributed by atoms with Gasteiger partial charge in [-0.3, -0.25) is 0 Å². The molecule has 3 nitrogen and oxygen atoms in total. The zero-order valence-corrected chi connectivity index (χ0v) is 8.55. The summed E-state index contributed by atoms with van der Waals surface area (Å²) >= 11 is 0. The largest absolute Gasteiger partial charge is 0.0616 e. The average molecular weight is 284 g/mol. The van der Waals surface area contributed by atoms with Crippen LogP contribution in [-0.4, -0.2) is 58.7 Å². The normalized spacial score (nSPS) is 9.06. The monoisotopic (exact) mass is 284 g/mol. The van der Waals surface area contributed by atoms with Crippen LogP contribution in [0.4, 0.5) is 13.6 Å². The Morgan fingerprint density at radius 2 is 0.944 bits per heavy atom. The fourth-order valence-corrected chi connectivity index (χ4v) is 1.17. The molecule has 0 N–H and O–H groups in total. The second-order valence-electron chi connectivity index (χ2n) is 2.90. The number of fused-ring (bicyclic) bond motifs is 1. The zero-order chi connectivity index (χ0) is 12.5. The van der Waals surface area contributed by atoms with Gasteiger partial charge >= 0.3 is 58.7 Å². The van der Waals surface area contributed by atoms with Crippen LogP contribution in [0, 0.1) is 0 Å². The predicted molar refractivity (Wildman–Crippen MR) is 63.4 cm³/mol. The molecule has 0 aliphatic rings. The number of rotatable bonds is 3. The van der Waals surface area contributed by atoms with E-state index in [4.69, 9.17) is 0 Å². The molecule has 18 heavy (non-hydrogen) atoms. The van der Waals surface area contributed by atoms with Crippen molar-refractivity contribution in [3.05, 3.63) is 48.5 Å². The van der Waals surface area contributed by atoms with E-state index in [1.165, 1.54) is 10.8 Å². The smallest absolute Gasteiger partial charge is 0.0184 e. The first-order chi connectivity index (χ1) is 8.31. The molecule has 0 aliphatic heterocycles. The summed E-state index contributed by atoms with van der Waals surface area (Å²) in [5.74, 6) is 0. The van der Waals surface area contributed by atoms with Crippen molar-refractivity contribution in [2.24, 2.45) is 0 Å². The second kappa shape index (κ2) is 10.9. The van der Waals surface area contributed by atoms with Gasteiger partial charge in [-0.1, -0.05) is 62.1 Å². The molecule has 92 valence electrons. The molecular formula is C10H9BF3KO3. The first-order valence-electron chi connectivity index (χ1n) is 4.57. The summed E-state index contributed by atoms with van der Waals surface area (Å²) in [6.07, 6.45) is 0. The van der Waals surface area contributed by atoms with Crippen LogP contribution >= 0.6 is 0 Å². The second-order valence-corrected chi connectivity index (χ2v) is 2.90. The molecule has 0 unspecified atom stereocenters. The van der Waals surface area contributed by atoms with Crippen molar-refractivity contribution in [3.63, 3.8) is 0 Å². The van der Waals surface area contributed by atoms with Crippen molar-refractivity contribution >= 4 is 69.5 Å². The summed E-state index contributed by atoms with van der Waals surface area (Å²) in [6, 6.07) is 16.7. The summed E-state index contributed by atoms with van der Waals surface area (Å²) in [4.78, 5) is 7.06. The fourth-order valence-electron chi connectivity index (χ4n) is 1.17. The minimum atomic E-state index is -2.51. The van der Waals surface area contributed by atoms with E-state index in [0.29, 0.717) is 0 Å². The van der Waals surface area contributed by atoms with E-state index in [1.807, 2.05) is 0 Å². The average Bonchev–Trinajstić information content (AvgIpc) is 2.42. The Hall–Kier alpha value is 0.0713. The molecule has 0 saturated carbocycles. The Balaban J connectivity index is 0.000000326. The summed E-state index contributed by atoms with van der Waals surface area (Å²) in [7, 11) is -2.51. The minimum Gasteiger partial charge on any atom is -0.0616 e. The standard InChI is InChI=1S/C10H8.BF3O3.K.H/c1-2-6-10-8-4-3-7-9(10)5-1;2-5-1(6-3)7-4;;/h1-8H;;;. The van der Waals surface area contributed by atoms with Gasteiger partial charge in [0.1, 0.15) is 0 Å². The van der Waals surface area contributed by atoms with Crippen molar-refractivity contribution in [2.45, 2.75) is 0 Å². The first kappa shape index (κ1) is 18.1. The summed E-state index contributed by atoms with van der Waals surface area (Å²) < 4.78 is 31.3. The summed E-state index contributed by atoms with van der Waals surface area (Å²) in [6.45, 7) is 0. The Labute approximate surface area is 145 Å². The van der Waals surface area contributed by atoms with Crippen molar-refractivity contribution in [1.29, 1.82) is 0 Å². The van der Waals surface area contributed by atoms with Crippen LogP contribution in [-0.2, 0) is 14.6 Å². The van der Waals surface area contributed by atoms with Crippen molar-refractivity contribution < 1.29 is 28.2 Å². The topological polar surface area (TPSA) is 27.7 Å². The minimum absolute atomic E-state index is 0. The Morgan fingerprint density at radius 3 is 1.11 bits per heavy atom. The molecule has 8 heteroatoms. The van der Waals surface area contributed by atoms with Crippen LogP contribution < -0.4 is 0 Å². The number of hydrogen-bond donors (Lipinski definition) is 0. The van der Waals surface area contributed by atoms with E-state index in [1.54, 1.807) is 0 Å². The Morgan fingerprint density at radius 1 is 0.667 bits per heavy atom. The van der Waals surface area contributed by atoms with E-state index in [9.17, 15) is 13.6 Å². The van der Waals surface area contributed by atoms with E-state index < -0.39 is 7.32 Å². The van der Waals surface area contributed by atoms with Gasteiger partial charge in [-0.2, -0.15) is 14.6 Å². The molecule has 2 aromatic rings. The van der Waals surface area contributed by atoms with E-state index in [0.717, 1.165) is 0 Å².